The van der Waals surface area contributed by atoms with E-state index < -0.39 is 5.97 Å². The molecule has 0 fully saturated rings. The topological polar surface area (TPSA) is 72.6 Å². The molecule has 0 aliphatic carbocycles. The zero-order valence-electron chi connectivity index (χ0n) is 7.29. The predicted octanol–water partition coefficient (Wildman–Crippen LogP) is 1.30. The van der Waals surface area contributed by atoms with E-state index in [0.717, 1.165) is 38.6 Å². The van der Waals surface area contributed by atoms with Crippen LogP contribution >= 0.6 is 0 Å². The Morgan fingerprint density at radius 1 is 1.17 bits per heavy atom. The van der Waals surface area contributed by atoms with Crippen molar-refractivity contribution in [2.45, 2.75) is 38.5 Å². The summed E-state index contributed by atoms with van der Waals surface area (Å²) < 4.78 is 0. The fourth-order valence-electron chi connectivity index (χ4n) is 0.990. The second-order valence-corrected chi connectivity index (χ2v) is 2.77. The van der Waals surface area contributed by atoms with E-state index in [0.29, 0.717) is 6.42 Å². The Bertz CT molecular complexity index is 117. The van der Waals surface area contributed by atoms with Crippen LogP contribution in [0.25, 0.3) is 0 Å². The van der Waals surface area contributed by atoms with E-state index in [-0.39, 0.29) is 0 Å². The van der Waals surface area contributed by atoms with Gasteiger partial charge >= 0.3 is 5.97 Å². The number of nitrogens with two attached hydrogens (primary N) is 1. The summed E-state index contributed by atoms with van der Waals surface area (Å²) in [6.45, 7) is 0.735. The van der Waals surface area contributed by atoms with Crippen LogP contribution in [0, 0.1) is 0 Å². The van der Waals surface area contributed by atoms with Gasteiger partial charge in [0, 0.05) is 6.42 Å². The van der Waals surface area contributed by atoms with Gasteiger partial charge in [-0.1, -0.05) is 19.3 Å². The monoisotopic (exact) mass is 175 g/mol. The highest BCUT2D eigenvalue weighted by Crippen LogP contribution is 2.04. The van der Waals surface area contributed by atoms with Crippen LogP contribution in [-0.2, 0) is 9.68 Å². The second-order valence-electron chi connectivity index (χ2n) is 2.77. The van der Waals surface area contributed by atoms with Gasteiger partial charge in [-0.15, -0.1) is 0 Å². The lowest BCUT2D eigenvalue weighted by Crippen LogP contribution is -2.00. The summed E-state index contributed by atoms with van der Waals surface area (Å²) in [6.07, 6.45) is 5.34. The van der Waals surface area contributed by atoms with Crippen molar-refractivity contribution in [2.24, 2.45) is 5.73 Å². The van der Waals surface area contributed by atoms with Crippen molar-refractivity contribution in [3.05, 3.63) is 0 Å². The lowest BCUT2D eigenvalue weighted by Gasteiger charge is -1.98. The van der Waals surface area contributed by atoms with E-state index in [1.165, 1.54) is 0 Å². The largest absolute Gasteiger partial charge is 0.342 e. The molecule has 4 nitrogen and oxygen atoms in total. The van der Waals surface area contributed by atoms with E-state index in [1.54, 1.807) is 0 Å². The van der Waals surface area contributed by atoms with E-state index in [2.05, 4.69) is 4.89 Å². The third kappa shape index (κ3) is 7.50. The minimum atomic E-state index is -0.547. The van der Waals surface area contributed by atoms with E-state index in [1.807, 2.05) is 0 Å². The van der Waals surface area contributed by atoms with Crippen molar-refractivity contribution in [3.63, 3.8) is 0 Å². The second kappa shape index (κ2) is 8.49. The van der Waals surface area contributed by atoms with Gasteiger partial charge in [-0.2, -0.15) is 5.26 Å². The molecule has 0 rings (SSSR count). The van der Waals surface area contributed by atoms with Crippen molar-refractivity contribution >= 4 is 5.97 Å². The molecule has 12 heavy (non-hydrogen) atoms. The molecule has 0 saturated carbocycles. The van der Waals surface area contributed by atoms with Gasteiger partial charge in [0.2, 0.25) is 0 Å². The molecule has 0 bridgehead atoms. The van der Waals surface area contributed by atoms with Crippen molar-refractivity contribution < 1.29 is 14.9 Å². The van der Waals surface area contributed by atoms with Crippen LogP contribution < -0.4 is 5.73 Å². The molecule has 0 amide bonds. The molecule has 0 aliphatic heterocycles. The fourth-order valence-corrected chi connectivity index (χ4v) is 0.990. The maximum atomic E-state index is 10.4. The Balaban J connectivity index is 2.95. The van der Waals surface area contributed by atoms with Crippen LogP contribution in [0.2, 0.25) is 0 Å². The predicted molar refractivity (Wildman–Crippen MR) is 45.5 cm³/mol. The van der Waals surface area contributed by atoms with Crippen LogP contribution in [0.5, 0.6) is 0 Å². The van der Waals surface area contributed by atoms with Gasteiger partial charge in [-0.05, 0) is 19.4 Å². The molecule has 0 aromatic carbocycles. The molecule has 3 N–H and O–H groups in total. The molecule has 0 spiro atoms. The third-order valence-electron chi connectivity index (χ3n) is 1.69. The van der Waals surface area contributed by atoms with Crippen LogP contribution in [0.4, 0.5) is 0 Å². The van der Waals surface area contributed by atoms with Gasteiger partial charge < -0.3 is 10.6 Å². The molecular weight excluding hydrogens is 158 g/mol. The summed E-state index contributed by atoms with van der Waals surface area (Å²) in [6, 6.07) is 0. The first-order valence-electron chi connectivity index (χ1n) is 4.35. The van der Waals surface area contributed by atoms with Crippen molar-refractivity contribution in [1.29, 1.82) is 0 Å². The smallest absolute Gasteiger partial charge is 0.330 e. The summed E-state index contributed by atoms with van der Waals surface area (Å²) in [5, 5.41) is 7.91. The summed E-state index contributed by atoms with van der Waals surface area (Å²) in [7, 11) is 0. The Morgan fingerprint density at radius 3 is 2.33 bits per heavy atom. The summed E-state index contributed by atoms with van der Waals surface area (Å²) in [5.74, 6) is -0.547. The standard InChI is InChI=1S/C8H17NO3/c9-7-5-3-1-2-4-6-8(10)12-11/h11H,1-7,9H2. The molecule has 0 atom stereocenters. The number of rotatable bonds is 7. The minimum Gasteiger partial charge on any atom is -0.330 e. The van der Waals surface area contributed by atoms with E-state index >= 15 is 0 Å². The normalized spacial score (nSPS) is 9.83. The average Bonchev–Trinajstić information content (AvgIpc) is 2.10. The first kappa shape index (κ1) is 11.4. The van der Waals surface area contributed by atoms with E-state index in [4.69, 9.17) is 11.0 Å². The lowest BCUT2D eigenvalue weighted by molar-refractivity contribution is -0.234. The summed E-state index contributed by atoms with van der Waals surface area (Å²) in [4.78, 5) is 13.9. The number of unbranched alkanes of at least 4 members (excludes halogenated alkanes) is 4. The van der Waals surface area contributed by atoms with Gasteiger partial charge in [0.15, 0.2) is 0 Å². The highest BCUT2D eigenvalue weighted by molar-refractivity contribution is 5.68. The first-order valence-corrected chi connectivity index (χ1v) is 4.35. The van der Waals surface area contributed by atoms with Crippen LogP contribution in [-0.4, -0.2) is 17.8 Å². The van der Waals surface area contributed by atoms with Gasteiger partial charge in [-0.3, -0.25) is 0 Å². The van der Waals surface area contributed by atoms with Crippen LogP contribution in [0.3, 0.4) is 0 Å². The molecule has 0 heterocycles. The average molecular weight is 175 g/mol. The zero-order valence-corrected chi connectivity index (χ0v) is 7.29. The first-order chi connectivity index (χ1) is 5.81. The molecule has 0 unspecified atom stereocenters. The Hall–Kier alpha value is -0.610. The zero-order chi connectivity index (χ0) is 9.23. The molecule has 0 aliphatic rings. The van der Waals surface area contributed by atoms with Crippen LogP contribution in [0.1, 0.15) is 38.5 Å². The quantitative estimate of drug-likeness (QED) is 0.347. The molecule has 0 saturated heterocycles. The molecule has 72 valence electrons. The molecule has 0 aromatic heterocycles. The Labute approximate surface area is 72.6 Å². The Morgan fingerprint density at radius 2 is 1.75 bits per heavy atom. The summed E-state index contributed by atoms with van der Waals surface area (Å²) >= 11 is 0. The van der Waals surface area contributed by atoms with E-state index in [9.17, 15) is 4.79 Å². The number of carbonyl (C=O) groups is 1. The van der Waals surface area contributed by atoms with Crippen molar-refractivity contribution in [2.75, 3.05) is 6.54 Å². The molecule has 0 aromatic rings. The van der Waals surface area contributed by atoms with Crippen molar-refractivity contribution in [1.82, 2.24) is 0 Å². The number of hydrogen-bond donors (Lipinski definition) is 2. The van der Waals surface area contributed by atoms with Crippen LogP contribution in [0.15, 0.2) is 0 Å². The maximum absolute atomic E-state index is 10.4. The molecule has 4 heteroatoms. The van der Waals surface area contributed by atoms with Gasteiger partial charge in [0.1, 0.15) is 0 Å². The van der Waals surface area contributed by atoms with Gasteiger partial charge in [-0.25, -0.2) is 4.79 Å². The number of carbonyl (C=O) groups excluding carboxylic acids is 1. The third-order valence-corrected chi connectivity index (χ3v) is 1.69. The SMILES string of the molecule is NCCCCCCCC(=O)OO. The highest BCUT2D eigenvalue weighted by atomic mass is 17.1. The van der Waals surface area contributed by atoms with Gasteiger partial charge in [0.25, 0.3) is 0 Å². The van der Waals surface area contributed by atoms with Gasteiger partial charge in [0.05, 0.1) is 0 Å². The lowest BCUT2D eigenvalue weighted by atomic mass is 10.1. The maximum Gasteiger partial charge on any atom is 0.342 e. The summed E-state index contributed by atoms with van der Waals surface area (Å²) in [5.41, 5.74) is 5.31. The number of hydrogen-bond acceptors (Lipinski definition) is 4. The molecular formula is C8H17NO3. The molecule has 0 radical (unpaired) electrons. The highest BCUT2D eigenvalue weighted by Gasteiger charge is 2.00. The van der Waals surface area contributed by atoms with Crippen molar-refractivity contribution in [3.8, 4) is 0 Å². The Kier molecular flexibility index (Phi) is 8.05. The minimum absolute atomic E-state index is 0.305. The fraction of sp³-hybridized carbons (Fsp3) is 0.875.